The summed E-state index contributed by atoms with van der Waals surface area (Å²) >= 11 is 0. The summed E-state index contributed by atoms with van der Waals surface area (Å²) in [7, 11) is 0. The minimum absolute atomic E-state index is 0.229. The Bertz CT molecular complexity index is 765. The van der Waals surface area contributed by atoms with Crippen molar-refractivity contribution in [1.82, 2.24) is 9.88 Å². The third-order valence-electron chi connectivity index (χ3n) is 4.20. The van der Waals surface area contributed by atoms with Gasteiger partial charge in [-0.05, 0) is 51.8 Å². The number of nitrogens with zero attached hydrogens (tertiary/aromatic N) is 2. The predicted molar refractivity (Wildman–Crippen MR) is 96.2 cm³/mol. The van der Waals surface area contributed by atoms with Crippen molar-refractivity contribution < 1.29 is 13.9 Å². The second-order valence-electron chi connectivity index (χ2n) is 7.41. The maximum absolute atomic E-state index is 13.5. The van der Waals surface area contributed by atoms with Gasteiger partial charge in [0.1, 0.15) is 11.4 Å². The molecule has 1 aromatic heterocycles. The van der Waals surface area contributed by atoms with Gasteiger partial charge in [0.25, 0.3) is 0 Å². The van der Waals surface area contributed by atoms with E-state index in [4.69, 9.17) is 4.74 Å². The highest BCUT2D eigenvalue weighted by atomic mass is 19.1. The number of hydrogen-bond acceptors (Lipinski definition) is 4. The fourth-order valence-corrected chi connectivity index (χ4v) is 3.00. The van der Waals surface area contributed by atoms with E-state index in [1.54, 1.807) is 4.90 Å². The second-order valence-corrected chi connectivity index (χ2v) is 7.41. The molecule has 1 amide bonds. The molecule has 6 heteroatoms. The van der Waals surface area contributed by atoms with Crippen LogP contribution in [0.25, 0.3) is 10.9 Å². The molecule has 1 N–H and O–H groups in total. The molecule has 0 atom stereocenters. The number of pyridine rings is 1. The van der Waals surface area contributed by atoms with Gasteiger partial charge in [0.05, 0.1) is 11.7 Å². The van der Waals surface area contributed by atoms with Crippen molar-refractivity contribution in [3.63, 3.8) is 0 Å². The van der Waals surface area contributed by atoms with Crippen LogP contribution < -0.4 is 5.32 Å². The summed E-state index contributed by atoms with van der Waals surface area (Å²) in [6.07, 6.45) is 2.60. The number of hydrogen-bond donors (Lipinski definition) is 1. The second kappa shape index (κ2) is 6.86. The summed E-state index contributed by atoms with van der Waals surface area (Å²) in [5.74, 6) is -0.346. The Morgan fingerprint density at radius 2 is 2.04 bits per heavy atom. The number of piperidine rings is 1. The summed E-state index contributed by atoms with van der Waals surface area (Å²) in [6, 6.07) is 7.44. The maximum Gasteiger partial charge on any atom is 0.410 e. The molecule has 0 aliphatic carbocycles. The van der Waals surface area contributed by atoms with Crippen LogP contribution in [0.1, 0.15) is 33.6 Å². The van der Waals surface area contributed by atoms with Crippen LogP contribution in [-0.2, 0) is 4.74 Å². The third kappa shape index (κ3) is 4.38. The lowest BCUT2D eigenvalue weighted by Crippen LogP contribution is -2.44. The third-order valence-corrected chi connectivity index (χ3v) is 4.20. The van der Waals surface area contributed by atoms with E-state index < -0.39 is 5.60 Å². The van der Waals surface area contributed by atoms with E-state index in [0.717, 1.165) is 29.4 Å². The first-order valence-corrected chi connectivity index (χ1v) is 8.60. The zero-order valence-electron chi connectivity index (χ0n) is 14.9. The zero-order chi connectivity index (χ0) is 18.0. The molecule has 1 aliphatic heterocycles. The molecule has 1 aliphatic rings. The van der Waals surface area contributed by atoms with Crippen molar-refractivity contribution in [3.05, 3.63) is 36.3 Å². The number of amides is 1. The van der Waals surface area contributed by atoms with Gasteiger partial charge >= 0.3 is 6.09 Å². The number of rotatable bonds is 2. The van der Waals surface area contributed by atoms with Crippen LogP contribution in [-0.4, -0.2) is 40.7 Å². The van der Waals surface area contributed by atoms with Gasteiger partial charge in [-0.15, -0.1) is 0 Å². The van der Waals surface area contributed by atoms with Crippen molar-refractivity contribution in [1.29, 1.82) is 0 Å². The molecular weight excluding hydrogens is 321 g/mol. The van der Waals surface area contributed by atoms with Gasteiger partial charge in [-0.1, -0.05) is 6.07 Å². The molecule has 1 aromatic carbocycles. The van der Waals surface area contributed by atoms with Gasteiger partial charge in [-0.25, -0.2) is 9.18 Å². The largest absolute Gasteiger partial charge is 0.444 e. The number of aromatic nitrogens is 1. The Labute approximate surface area is 147 Å². The van der Waals surface area contributed by atoms with Crippen molar-refractivity contribution in [3.8, 4) is 0 Å². The zero-order valence-corrected chi connectivity index (χ0v) is 14.9. The highest BCUT2D eigenvalue weighted by Crippen LogP contribution is 2.25. The van der Waals surface area contributed by atoms with Crippen molar-refractivity contribution in [2.75, 3.05) is 18.4 Å². The summed E-state index contributed by atoms with van der Waals surface area (Å²) in [4.78, 5) is 18.0. The van der Waals surface area contributed by atoms with E-state index in [2.05, 4.69) is 10.3 Å². The number of carbonyl (C=O) groups excluding carboxylic acids is 1. The average molecular weight is 345 g/mol. The standard InChI is InChI=1S/C19H24FN3O2/c1-19(2,3)25-18(24)23-9-7-14(8-10-23)22-17-6-4-5-16-15(17)11-13(20)12-21-16/h4-6,11-12,14,22H,7-10H2,1-3H3. The number of fused-ring (bicyclic) bond motifs is 1. The number of halogens is 1. The topological polar surface area (TPSA) is 54.5 Å². The van der Waals surface area contributed by atoms with Gasteiger partial charge in [-0.2, -0.15) is 0 Å². The lowest BCUT2D eigenvalue weighted by atomic mass is 10.0. The van der Waals surface area contributed by atoms with Crippen molar-refractivity contribution >= 4 is 22.7 Å². The average Bonchev–Trinajstić information content (AvgIpc) is 2.54. The van der Waals surface area contributed by atoms with Crippen LogP contribution in [0.2, 0.25) is 0 Å². The van der Waals surface area contributed by atoms with E-state index in [-0.39, 0.29) is 18.0 Å². The molecule has 1 fully saturated rings. The van der Waals surface area contributed by atoms with Crippen LogP contribution in [0.15, 0.2) is 30.5 Å². The number of benzene rings is 1. The molecule has 0 saturated carbocycles. The van der Waals surface area contributed by atoms with Gasteiger partial charge in [-0.3, -0.25) is 4.98 Å². The number of carbonyl (C=O) groups is 1. The van der Waals surface area contributed by atoms with Crippen LogP contribution in [0, 0.1) is 5.82 Å². The summed E-state index contributed by atoms with van der Waals surface area (Å²) < 4.78 is 18.9. The fraction of sp³-hybridized carbons (Fsp3) is 0.474. The highest BCUT2D eigenvalue weighted by Gasteiger charge is 2.27. The molecule has 1 saturated heterocycles. The first-order chi connectivity index (χ1) is 11.8. The molecule has 0 bridgehead atoms. The minimum Gasteiger partial charge on any atom is -0.444 e. The molecule has 134 valence electrons. The quantitative estimate of drug-likeness (QED) is 0.887. The van der Waals surface area contributed by atoms with Gasteiger partial charge in [0.15, 0.2) is 0 Å². The van der Waals surface area contributed by atoms with Gasteiger partial charge in [0.2, 0.25) is 0 Å². The summed E-state index contributed by atoms with van der Waals surface area (Å²) in [5, 5.41) is 4.25. The van der Waals surface area contributed by atoms with Crippen LogP contribution in [0.3, 0.4) is 0 Å². The Hall–Kier alpha value is -2.37. The number of likely N-dealkylation sites (tertiary alicyclic amines) is 1. The van der Waals surface area contributed by atoms with E-state index >= 15 is 0 Å². The van der Waals surface area contributed by atoms with E-state index in [1.165, 1.54) is 12.3 Å². The predicted octanol–water partition coefficient (Wildman–Crippen LogP) is 4.19. The summed E-state index contributed by atoms with van der Waals surface area (Å²) in [5.41, 5.74) is 1.16. The Morgan fingerprint density at radius 1 is 1.32 bits per heavy atom. The first kappa shape index (κ1) is 17.5. The van der Waals surface area contributed by atoms with E-state index in [0.29, 0.717) is 13.1 Å². The maximum atomic E-state index is 13.5. The van der Waals surface area contributed by atoms with E-state index in [1.807, 2.05) is 39.0 Å². The monoisotopic (exact) mass is 345 g/mol. The lowest BCUT2D eigenvalue weighted by molar-refractivity contribution is 0.0210. The molecule has 0 radical (unpaired) electrons. The molecule has 5 nitrogen and oxygen atoms in total. The Kier molecular flexibility index (Phi) is 4.79. The number of anilines is 1. The normalized spacial score (nSPS) is 16.1. The molecular formula is C19H24FN3O2. The van der Waals surface area contributed by atoms with Gasteiger partial charge < -0.3 is 15.0 Å². The summed E-state index contributed by atoms with van der Waals surface area (Å²) in [6.45, 7) is 6.89. The van der Waals surface area contributed by atoms with Crippen LogP contribution in [0.5, 0.6) is 0 Å². The number of ether oxygens (including phenoxy) is 1. The SMILES string of the molecule is CC(C)(C)OC(=O)N1CCC(Nc2cccc3ncc(F)cc23)CC1. The fourth-order valence-electron chi connectivity index (χ4n) is 3.00. The van der Waals surface area contributed by atoms with Gasteiger partial charge in [0, 0.05) is 30.2 Å². The molecule has 2 heterocycles. The number of nitrogens with one attached hydrogen (secondary N) is 1. The smallest absolute Gasteiger partial charge is 0.410 e. The minimum atomic E-state index is -0.480. The molecule has 0 unspecified atom stereocenters. The van der Waals surface area contributed by atoms with Crippen molar-refractivity contribution in [2.45, 2.75) is 45.3 Å². The Morgan fingerprint density at radius 3 is 2.72 bits per heavy atom. The highest BCUT2D eigenvalue weighted by molar-refractivity contribution is 5.91. The molecule has 3 rings (SSSR count). The molecule has 0 spiro atoms. The lowest BCUT2D eigenvalue weighted by Gasteiger charge is -2.34. The first-order valence-electron chi connectivity index (χ1n) is 8.60. The molecule has 2 aromatic rings. The molecule has 25 heavy (non-hydrogen) atoms. The van der Waals surface area contributed by atoms with E-state index in [9.17, 15) is 9.18 Å². The van der Waals surface area contributed by atoms with Crippen molar-refractivity contribution in [2.24, 2.45) is 0 Å². The van der Waals surface area contributed by atoms with Crippen LogP contribution >= 0.6 is 0 Å². The van der Waals surface area contributed by atoms with Crippen LogP contribution in [0.4, 0.5) is 14.9 Å². The Balaban J connectivity index is 1.63.